The van der Waals surface area contributed by atoms with Crippen LogP contribution in [-0.2, 0) is 0 Å². The first-order chi connectivity index (χ1) is 8.58. The van der Waals surface area contributed by atoms with E-state index in [-0.39, 0.29) is 11.7 Å². The highest BCUT2D eigenvalue weighted by atomic mass is 16.1. The van der Waals surface area contributed by atoms with Gasteiger partial charge in [-0.2, -0.15) is 5.10 Å². The van der Waals surface area contributed by atoms with Crippen LogP contribution in [-0.4, -0.2) is 22.6 Å². The molecule has 1 aromatic rings. The highest BCUT2D eigenvalue weighted by molar-refractivity contribution is 5.99. The van der Waals surface area contributed by atoms with Gasteiger partial charge in [-0.25, -0.2) is 0 Å². The van der Waals surface area contributed by atoms with Crippen molar-refractivity contribution >= 4 is 11.7 Å². The van der Waals surface area contributed by atoms with Crippen LogP contribution in [0.25, 0.3) is 0 Å². The van der Waals surface area contributed by atoms with Crippen molar-refractivity contribution < 1.29 is 4.79 Å². The Labute approximate surface area is 108 Å². The predicted octanol–water partition coefficient (Wildman–Crippen LogP) is 2.00. The quantitative estimate of drug-likeness (QED) is 0.764. The fourth-order valence-corrected chi connectivity index (χ4v) is 2.87. The maximum absolute atomic E-state index is 12.1. The van der Waals surface area contributed by atoms with E-state index in [2.05, 4.69) is 22.4 Å². The number of amides is 1. The number of carbonyl (C=O) groups excluding carboxylic acids is 1. The first kappa shape index (κ1) is 12.9. The Morgan fingerprint density at radius 3 is 2.67 bits per heavy atom. The van der Waals surface area contributed by atoms with Gasteiger partial charge in [-0.15, -0.1) is 0 Å². The molecule has 1 aromatic heterocycles. The molecule has 0 aliphatic heterocycles. The molecule has 1 saturated carbocycles. The van der Waals surface area contributed by atoms with Crippen LogP contribution in [0.5, 0.6) is 0 Å². The number of hydrogen-bond acceptors (Lipinski definition) is 3. The van der Waals surface area contributed by atoms with Crippen molar-refractivity contribution in [2.75, 3.05) is 12.3 Å². The highest BCUT2D eigenvalue weighted by Crippen LogP contribution is 2.40. The van der Waals surface area contributed by atoms with E-state index < -0.39 is 0 Å². The molecule has 1 aliphatic carbocycles. The number of aromatic amines is 1. The van der Waals surface area contributed by atoms with Crippen molar-refractivity contribution in [3.63, 3.8) is 0 Å². The van der Waals surface area contributed by atoms with E-state index in [4.69, 9.17) is 5.73 Å². The van der Waals surface area contributed by atoms with E-state index in [1.165, 1.54) is 25.7 Å². The Hall–Kier alpha value is -1.52. The van der Waals surface area contributed by atoms with E-state index >= 15 is 0 Å². The Morgan fingerprint density at radius 2 is 2.17 bits per heavy atom. The summed E-state index contributed by atoms with van der Waals surface area (Å²) in [5.74, 6) is 0.167. The van der Waals surface area contributed by atoms with Crippen LogP contribution >= 0.6 is 0 Å². The van der Waals surface area contributed by atoms with E-state index in [9.17, 15) is 4.79 Å². The van der Waals surface area contributed by atoms with Gasteiger partial charge in [0.15, 0.2) is 5.82 Å². The minimum absolute atomic E-state index is 0.113. The molecule has 2 rings (SSSR count). The Bertz CT molecular complexity index is 413. The number of H-pyrrole nitrogens is 1. The number of hydrogen-bond donors (Lipinski definition) is 3. The smallest absolute Gasteiger partial charge is 0.256 e. The Kier molecular flexibility index (Phi) is 3.59. The van der Waals surface area contributed by atoms with Crippen molar-refractivity contribution in [2.24, 2.45) is 5.41 Å². The number of rotatable bonds is 4. The lowest BCUT2D eigenvalue weighted by molar-refractivity contribution is 0.0929. The Balaban J connectivity index is 2.00. The summed E-state index contributed by atoms with van der Waals surface area (Å²) in [6, 6.07) is 0. The van der Waals surface area contributed by atoms with E-state index in [1.54, 1.807) is 0 Å². The summed E-state index contributed by atoms with van der Waals surface area (Å²) < 4.78 is 0. The number of nitrogen functional groups attached to an aromatic ring is 1. The van der Waals surface area contributed by atoms with Crippen LogP contribution in [0.2, 0.25) is 0 Å². The summed E-state index contributed by atoms with van der Waals surface area (Å²) in [5.41, 5.74) is 7.19. The molecule has 100 valence electrons. The highest BCUT2D eigenvalue weighted by Gasteiger charge is 2.32. The number of anilines is 1. The topological polar surface area (TPSA) is 83.8 Å². The normalized spacial score (nSPS) is 17.9. The predicted molar refractivity (Wildman–Crippen MR) is 71.3 cm³/mol. The third kappa shape index (κ3) is 2.35. The summed E-state index contributed by atoms with van der Waals surface area (Å²) >= 11 is 0. The van der Waals surface area contributed by atoms with Crippen molar-refractivity contribution in [1.29, 1.82) is 0 Å². The average Bonchev–Trinajstić information content (AvgIpc) is 2.95. The van der Waals surface area contributed by atoms with Crippen LogP contribution < -0.4 is 11.1 Å². The van der Waals surface area contributed by atoms with Crippen molar-refractivity contribution in [2.45, 2.75) is 46.0 Å². The molecule has 1 amide bonds. The molecule has 0 saturated heterocycles. The molecule has 0 aromatic carbocycles. The molecule has 5 heteroatoms. The van der Waals surface area contributed by atoms with Crippen molar-refractivity contribution in [3.05, 3.63) is 11.3 Å². The molecule has 5 nitrogen and oxygen atoms in total. The van der Waals surface area contributed by atoms with Crippen molar-refractivity contribution in [3.8, 4) is 0 Å². The zero-order valence-corrected chi connectivity index (χ0v) is 11.2. The number of nitrogens with two attached hydrogens (primary N) is 1. The third-order valence-corrected chi connectivity index (χ3v) is 4.24. The molecular weight excluding hydrogens is 228 g/mol. The largest absolute Gasteiger partial charge is 0.382 e. The molecule has 0 unspecified atom stereocenters. The van der Waals surface area contributed by atoms with Gasteiger partial charge < -0.3 is 11.1 Å². The van der Waals surface area contributed by atoms with Gasteiger partial charge in [0.1, 0.15) is 5.56 Å². The fourth-order valence-electron chi connectivity index (χ4n) is 2.87. The SMILES string of the molecule is CCC1(CNC(=O)c2c(N)n[nH]c2C)CCCC1. The molecule has 1 aliphatic rings. The molecule has 0 spiro atoms. The lowest BCUT2D eigenvalue weighted by atomic mass is 9.83. The maximum Gasteiger partial charge on any atom is 0.256 e. The van der Waals surface area contributed by atoms with E-state index in [0.717, 1.165) is 18.7 Å². The number of aromatic nitrogens is 2. The summed E-state index contributed by atoms with van der Waals surface area (Å²) in [5, 5.41) is 9.60. The van der Waals surface area contributed by atoms with Crippen molar-refractivity contribution in [1.82, 2.24) is 15.5 Å². The number of aryl methyl sites for hydroxylation is 1. The van der Waals surface area contributed by atoms with Gasteiger partial charge in [0, 0.05) is 12.2 Å². The van der Waals surface area contributed by atoms with Gasteiger partial charge in [0.2, 0.25) is 0 Å². The second kappa shape index (κ2) is 5.00. The molecule has 0 atom stereocenters. The number of nitrogens with one attached hydrogen (secondary N) is 2. The second-order valence-electron chi connectivity index (χ2n) is 5.35. The van der Waals surface area contributed by atoms with Gasteiger partial charge in [-0.05, 0) is 31.6 Å². The van der Waals surface area contributed by atoms with Crippen LogP contribution in [0.4, 0.5) is 5.82 Å². The second-order valence-corrected chi connectivity index (χ2v) is 5.35. The molecule has 1 heterocycles. The zero-order valence-electron chi connectivity index (χ0n) is 11.2. The van der Waals surface area contributed by atoms with Crippen LogP contribution in [0.3, 0.4) is 0 Å². The molecule has 4 N–H and O–H groups in total. The van der Waals surface area contributed by atoms with Crippen LogP contribution in [0, 0.1) is 12.3 Å². The standard InChI is InChI=1S/C13H22N4O/c1-3-13(6-4-5-7-13)8-15-12(18)10-9(2)16-17-11(10)14/h3-8H2,1-2H3,(H,15,18)(H3,14,16,17). The summed E-state index contributed by atoms with van der Waals surface area (Å²) in [6.07, 6.45) is 6.09. The lowest BCUT2D eigenvalue weighted by Gasteiger charge is -2.27. The minimum Gasteiger partial charge on any atom is -0.382 e. The molecular formula is C13H22N4O. The lowest BCUT2D eigenvalue weighted by Crippen LogP contribution is -2.36. The molecule has 18 heavy (non-hydrogen) atoms. The fraction of sp³-hybridized carbons (Fsp3) is 0.692. The molecule has 1 fully saturated rings. The first-order valence-corrected chi connectivity index (χ1v) is 6.66. The van der Waals surface area contributed by atoms with Gasteiger partial charge in [0.25, 0.3) is 5.91 Å². The molecule has 0 bridgehead atoms. The zero-order chi connectivity index (χ0) is 13.2. The van der Waals surface area contributed by atoms with E-state index in [1.807, 2.05) is 6.92 Å². The monoisotopic (exact) mass is 250 g/mol. The summed E-state index contributed by atoms with van der Waals surface area (Å²) in [4.78, 5) is 12.1. The van der Waals surface area contributed by atoms with Crippen LogP contribution in [0.1, 0.15) is 55.1 Å². The van der Waals surface area contributed by atoms with Crippen LogP contribution in [0.15, 0.2) is 0 Å². The van der Waals surface area contributed by atoms with E-state index in [0.29, 0.717) is 11.0 Å². The number of carbonyl (C=O) groups is 1. The number of nitrogens with zero attached hydrogens (tertiary/aromatic N) is 1. The van der Waals surface area contributed by atoms with Gasteiger partial charge in [0.05, 0.1) is 0 Å². The first-order valence-electron chi connectivity index (χ1n) is 6.66. The van der Waals surface area contributed by atoms with Gasteiger partial charge in [-0.1, -0.05) is 19.8 Å². The minimum atomic E-state index is -0.113. The molecule has 0 radical (unpaired) electrons. The summed E-state index contributed by atoms with van der Waals surface area (Å²) in [6.45, 7) is 4.75. The Morgan fingerprint density at radius 1 is 1.50 bits per heavy atom. The summed E-state index contributed by atoms with van der Waals surface area (Å²) in [7, 11) is 0. The third-order valence-electron chi connectivity index (χ3n) is 4.24. The maximum atomic E-state index is 12.1. The van der Waals surface area contributed by atoms with Gasteiger partial charge in [-0.3, -0.25) is 9.89 Å². The average molecular weight is 250 g/mol. The van der Waals surface area contributed by atoms with Gasteiger partial charge >= 0.3 is 0 Å².